The molecule has 5 heteroatoms. The normalized spacial score (nSPS) is 1.17. The summed E-state index contributed by atoms with van der Waals surface area (Å²) in [5, 5.41) is 13.8. The van der Waals surface area contributed by atoms with E-state index in [2.05, 4.69) is 0 Å². The van der Waals surface area contributed by atoms with Crippen LogP contribution in [0.25, 0.3) is 0 Å². The van der Waals surface area contributed by atoms with Gasteiger partial charge in [-0.1, -0.05) is 0 Å². The molecule has 0 heterocycles. The molecule has 0 aliphatic heterocycles. The van der Waals surface area contributed by atoms with Gasteiger partial charge in [-0.05, 0) is 0 Å². The summed E-state index contributed by atoms with van der Waals surface area (Å²) in [7, 11) is 0. The van der Waals surface area contributed by atoms with Crippen molar-refractivity contribution in [1.29, 1.82) is 5.26 Å². The number of aliphatic hydroxyl groups is 1. The fraction of sp³-hybridized carbons (Fsp3) is 0. The van der Waals surface area contributed by atoms with Crippen LogP contribution in [-0.4, -0.2) is 5.11 Å². The summed E-state index contributed by atoms with van der Waals surface area (Å²) >= 11 is 0. The van der Waals surface area contributed by atoms with Gasteiger partial charge in [0, 0.05) is 33.8 Å². The molecule has 0 spiro atoms. The van der Waals surface area contributed by atoms with E-state index in [-0.39, 0.29) is 86.7 Å². The van der Waals surface area contributed by atoms with Gasteiger partial charge in [0.25, 0.3) is 6.26 Å². The van der Waals surface area contributed by atoms with Crippen LogP contribution in [0.2, 0.25) is 0 Å². The van der Waals surface area contributed by atoms with Crippen molar-refractivity contribution < 1.29 is 91.8 Å². The third kappa shape index (κ3) is 38.3. The zero-order valence-corrected chi connectivity index (χ0v) is 8.35. The van der Waals surface area contributed by atoms with Crippen LogP contribution in [0, 0.1) is 11.5 Å². The van der Waals surface area contributed by atoms with Gasteiger partial charge in [-0.3, -0.25) is 0 Å². The van der Waals surface area contributed by atoms with Gasteiger partial charge in [0.1, 0.15) is 0 Å². The first-order chi connectivity index (χ1) is 1.41. The van der Waals surface area contributed by atoms with Gasteiger partial charge in [0.05, 0.1) is 0 Å². The van der Waals surface area contributed by atoms with Crippen molar-refractivity contribution >= 4 is 0 Å². The molecule has 0 fully saturated rings. The zero-order valence-electron chi connectivity index (χ0n) is 4.08. The second kappa shape index (κ2) is 28.3. The van der Waals surface area contributed by atoms with Crippen molar-refractivity contribution in [3.8, 4) is 6.26 Å². The molecule has 0 aliphatic carbocycles. The summed E-state index contributed by atoms with van der Waals surface area (Å²) in [5.41, 5.74) is 0. The molecular formula is CH2CoFeKNO. The monoisotopic (exact) mass is 198 g/mol. The maximum Gasteiger partial charge on any atom is 1.00 e. The van der Waals surface area contributed by atoms with Gasteiger partial charge in [-0.2, -0.15) is 5.26 Å². The first kappa shape index (κ1) is 24.6. The zero-order chi connectivity index (χ0) is 2.71. The van der Waals surface area contributed by atoms with Crippen LogP contribution in [0.4, 0.5) is 0 Å². The number of hydrogen-bond acceptors (Lipinski definition) is 2. The third-order valence-corrected chi connectivity index (χ3v) is 0. The van der Waals surface area contributed by atoms with Crippen LogP contribution in [0.5, 0.6) is 0 Å². The largest absolute Gasteiger partial charge is 1.00 e. The Morgan fingerprint density at radius 2 is 1.67 bits per heavy atom. The fourth-order valence-electron chi connectivity index (χ4n) is 0. The van der Waals surface area contributed by atoms with Crippen LogP contribution in [0.15, 0.2) is 0 Å². The quantitative estimate of drug-likeness (QED) is 0.332. The summed E-state index contributed by atoms with van der Waals surface area (Å²) < 4.78 is 0. The second-order valence-electron chi connectivity index (χ2n) is 0.100. The first-order valence-corrected chi connectivity index (χ1v) is 0.447. The molecule has 0 bridgehead atoms. The Hall–Kier alpha value is 1.95. The Kier molecular flexibility index (Phi) is 116. The van der Waals surface area contributed by atoms with Crippen molar-refractivity contribution in [2.24, 2.45) is 0 Å². The average molecular weight is 198 g/mol. The topological polar surface area (TPSA) is 44.0 Å². The van der Waals surface area contributed by atoms with E-state index in [1.807, 2.05) is 0 Å². The van der Waals surface area contributed by atoms with E-state index in [4.69, 9.17) is 10.4 Å². The molecule has 0 amide bonds. The smallest absolute Gasteiger partial charge is 1.00 e. The van der Waals surface area contributed by atoms with Crippen molar-refractivity contribution in [2.45, 2.75) is 0 Å². The van der Waals surface area contributed by atoms with Gasteiger partial charge in [0.15, 0.2) is 0 Å². The molecule has 0 saturated heterocycles. The van der Waals surface area contributed by atoms with E-state index in [1.54, 1.807) is 0 Å². The van der Waals surface area contributed by atoms with E-state index < -0.39 is 0 Å². The summed E-state index contributed by atoms with van der Waals surface area (Å²) in [5.74, 6) is 0. The summed E-state index contributed by atoms with van der Waals surface area (Å²) in [6.07, 6.45) is 0.750. The number of hydrogen-bond donors (Lipinski definition) is 1. The number of nitriles is 1. The second-order valence-corrected chi connectivity index (χ2v) is 0.100. The summed E-state index contributed by atoms with van der Waals surface area (Å²) in [4.78, 5) is 0. The van der Waals surface area contributed by atoms with Gasteiger partial charge in [0.2, 0.25) is 0 Å². The standard InChI is InChI=1S/CHNO.Co.Fe.K.H/c2-1-3;;;;/h3H;;;;/q;;;+1;-1. The molecule has 0 aromatic heterocycles. The molecule has 0 aliphatic rings. The number of aliphatic hydroxyl groups excluding tert-OH is 1. The molecular weight excluding hydrogens is 196 g/mol. The third-order valence-electron chi connectivity index (χ3n) is 0. The SMILES string of the molecule is N#CO.[Co].[Fe].[H-].[K+]. The Morgan fingerprint density at radius 1 is 1.67 bits per heavy atom. The minimum Gasteiger partial charge on any atom is -1.00 e. The van der Waals surface area contributed by atoms with Crippen LogP contribution >= 0.6 is 0 Å². The molecule has 6 heavy (non-hydrogen) atoms. The molecule has 2 nitrogen and oxygen atoms in total. The van der Waals surface area contributed by atoms with Crippen molar-refractivity contribution in [1.82, 2.24) is 0 Å². The van der Waals surface area contributed by atoms with E-state index in [1.165, 1.54) is 0 Å². The van der Waals surface area contributed by atoms with E-state index in [0.717, 1.165) is 6.26 Å². The predicted molar refractivity (Wildman–Crippen MR) is 8.66 cm³/mol. The number of rotatable bonds is 0. The van der Waals surface area contributed by atoms with E-state index >= 15 is 0 Å². The van der Waals surface area contributed by atoms with E-state index in [9.17, 15) is 0 Å². The van der Waals surface area contributed by atoms with Crippen molar-refractivity contribution in [2.75, 3.05) is 0 Å². The summed E-state index contributed by atoms with van der Waals surface area (Å²) in [6.45, 7) is 0. The Balaban J connectivity index is -0.00000000333. The van der Waals surface area contributed by atoms with Crippen LogP contribution in [-0.2, 0) is 33.8 Å². The Morgan fingerprint density at radius 3 is 1.67 bits per heavy atom. The minimum atomic E-state index is 0. The fourth-order valence-corrected chi connectivity index (χ4v) is 0. The Bertz CT molecular complexity index is 41.2. The molecule has 0 saturated carbocycles. The van der Waals surface area contributed by atoms with Gasteiger partial charge < -0.3 is 6.53 Å². The maximum atomic E-state index is 6.88. The molecule has 1 radical (unpaired) electrons. The first-order valence-electron chi connectivity index (χ1n) is 0.447. The molecule has 0 unspecified atom stereocenters. The van der Waals surface area contributed by atoms with Crippen LogP contribution in [0.3, 0.4) is 0 Å². The van der Waals surface area contributed by atoms with Crippen molar-refractivity contribution in [3.05, 3.63) is 0 Å². The predicted octanol–water partition coefficient (Wildman–Crippen LogP) is -3.05. The molecule has 35 valence electrons. The Labute approximate surface area is 101 Å². The molecule has 0 rings (SSSR count). The minimum absolute atomic E-state index is 0. The molecule has 0 aromatic rings. The van der Waals surface area contributed by atoms with Gasteiger partial charge >= 0.3 is 51.4 Å². The average Bonchev–Trinajstić information content (AvgIpc) is 0.918. The van der Waals surface area contributed by atoms with E-state index in [0.29, 0.717) is 0 Å². The molecule has 1 N–H and O–H groups in total. The molecule has 0 atom stereocenters. The maximum absolute atomic E-state index is 6.88. The van der Waals surface area contributed by atoms with Crippen molar-refractivity contribution in [3.63, 3.8) is 0 Å². The van der Waals surface area contributed by atoms with Gasteiger partial charge in [-0.15, -0.1) is 0 Å². The molecule has 0 aromatic carbocycles. The van der Waals surface area contributed by atoms with Gasteiger partial charge in [-0.25, -0.2) is 0 Å². The number of nitrogens with zero attached hydrogens (tertiary/aromatic N) is 1. The summed E-state index contributed by atoms with van der Waals surface area (Å²) in [6, 6.07) is 0. The van der Waals surface area contributed by atoms with Crippen LogP contribution in [0.1, 0.15) is 1.43 Å². The van der Waals surface area contributed by atoms with Crippen LogP contribution < -0.4 is 51.4 Å².